The van der Waals surface area contributed by atoms with Crippen LogP contribution < -0.4 is 10.1 Å². The van der Waals surface area contributed by atoms with Crippen LogP contribution in [0.3, 0.4) is 0 Å². The lowest BCUT2D eigenvalue weighted by molar-refractivity contribution is 0.415. The van der Waals surface area contributed by atoms with Crippen LogP contribution in [0.15, 0.2) is 24.3 Å². The predicted octanol–water partition coefficient (Wildman–Crippen LogP) is 1.39. The Morgan fingerprint density at radius 3 is 2.67 bits per heavy atom. The molecule has 0 saturated heterocycles. The summed E-state index contributed by atoms with van der Waals surface area (Å²) in [5.41, 5.74) is 0.927. The van der Waals surface area contributed by atoms with Gasteiger partial charge in [0.05, 0.1) is 12.9 Å². The summed E-state index contributed by atoms with van der Waals surface area (Å²) >= 11 is 0. The molecule has 0 atom stereocenters. The molecule has 5 nitrogen and oxygen atoms in total. The van der Waals surface area contributed by atoms with Gasteiger partial charge in [-0.1, -0.05) is 6.07 Å². The molecule has 0 saturated carbocycles. The summed E-state index contributed by atoms with van der Waals surface area (Å²) in [5.74, 6) is 0.928. The van der Waals surface area contributed by atoms with E-state index in [1.807, 2.05) is 24.3 Å². The molecule has 0 bridgehead atoms. The summed E-state index contributed by atoms with van der Waals surface area (Å²) in [4.78, 5) is 0. The number of hydrogen-bond donors (Lipinski definition) is 1. The van der Waals surface area contributed by atoms with Crippen molar-refractivity contribution in [1.29, 1.82) is 0 Å². The van der Waals surface area contributed by atoms with Gasteiger partial charge in [-0.15, -0.1) is 0 Å². The van der Waals surface area contributed by atoms with E-state index in [1.54, 1.807) is 21.2 Å². The summed E-state index contributed by atoms with van der Waals surface area (Å²) in [6, 6.07) is 7.54. The number of methoxy groups -OCH3 is 1. The Labute approximate surface area is 109 Å². The molecule has 0 aliphatic carbocycles. The van der Waals surface area contributed by atoms with Gasteiger partial charge < -0.3 is 10.1 Å². The van der Waals surface area contributed by atoms with Crippen molar-refractivity contribution in [2.45, 2.75) is 6.42 Å². The molecule has 0 amide bonds. The number of anilines is 1. The molecule has 1 N–H and O–H groups in total. The third kappa shape index (κ3) is 4.54. The zero-order valence-electron chi connectivity index (χ0n) is 11.0. The van der Waals surface area contributed by atoms with Crippen molar-refractivity contribution in [3.63, 3.8) is 0 Å². The first kappa shape index (κ1) is 14.8. The molecule has 0 aromatic heterocycles. The van der Waals surface area contributed by atoms with Crippen LogP contribution in [-0.2, 0) is 10.0 Å². The van der Waals surface area contributed by atoms with Crippen molar-refractivity contribution in [3.8, 4) is 5.75 Å². The third-order valence-electron chi connectivity index (χ3n) is 2.53. The lowest BCUT2D eigenvalue weighted by Crippen LogP contribution is -2.26. The maximum absolute atomic E-state index is 11.5. The van der Waals surface area contributed by atoms with Gasteiger partial charge in [0.2, 0.25) is 10.0 Å². The monoisotopic (exact) mass is 272 g/mol. The van der Waals surface area contributed by atoms with Gasteiger partial charge in [-0.2, -0.15) is 0 Å². The summed E-state index contributed by atoms with van der Waals surface area (Å²) < 4.78 is 29.4. The molecule has 0 radical (unpaired) electrons. The first-order valence-corrected chi connectivity index (χ1v) is 7.35. The summed E-state index contributed by atoms with van der Waals surface area (Å²) in [6.07, 6.45) is 0.567. The number of hydrogen-bond acceptors (Lipinski definition) is 4. The quantitative estimate of drug-likeness (QED) is 0.762. The minimum Gasteiger partial charge on any atom is -0.497 e. The zero-order valence-corrected chi connectivity index (χ0v) is 11.8. The van der Waals surface area contributed by atoms with Crippen LogP contribution in [0.25, 0.3) is 0 Å². The normalized spacial score (nSPS) is 11.6. The maximum Gasteiger partial charge on any atom is 0.213 e. The molecule has 0 unspecified atom stereocenters. The van der Waals surface area contributed by atoms with Gasteiger partial charge in [0, 0.05) is 32.4 Å². The topological polar surface area (TPSA) is 58.6 Å². The van der Waals surface area contributed by atoms with Gasteiger partial charge in [-0.25, -0.2) is 12.7 Å². The second kappa shape index (κ2) is 6.61. The average molecular weight is 272 g/mol. The molecule has 0 aliphatic heterocycles. The highest BCUT2D eigenvalue weighted by Crippen LogP contribution is 2.16. The fourth-order valence-corrected chi connectivity index (χ4v) is 2.28. The van der Waals surface area contributed by atoms with E-state index < -0.39 is 10.0 Å². The van der Waals surface area contributed by atoms with E-state index in [2.05, 4.69) is 5.32 Å². The molecule has 0 heterocycles. The van der Waals surface area contributed by atoms with E-state index in [0.717, 1.165) is 11.4 Å². The van der Waals surface area contributed by atoms with Crippen LogP contribution in [-0.4, -0.2) is 46.2 Å². The number of rotatable bonds is 7. The van der Waals surface area contributed by atoms with Crippen LogP contribution >= 0.6 is 0 Å². The Hall–Kier alpha value is -1.27. The molecule has 102 valence electrons. The first-order chi connectivity index (χ1) is 8.45. The van der Waals surface area contributed by atoms with E-state index in [-0.39, 0.29) is 5.75 Å². The van der Waals surface area contributed by atoms with Crippen molar-refractivity contribution in [2.75, 3.05) is 38.8 Å². The lowest BCUT2D eigenvalue weighted by atomic mass is 10.3. The van der Waals surface area contributed by atoms with E-state index in [4.69, 9.17) is 4.74 Å². The molecule has 1 aromatic carbocycles. The van der Waals surface area contributed by atoms with Gasteiger partial charge >= 0.3 is 0 Å². The van der Waals surface area contributed by atoms with Crippen molar-refractivity contribution >= 4 is 15.7 Å². The highest BCUT2D eigenvalue weighted by atomic mass is 32.2. The molecule has 0 aliphatic rings. The largest absolute Gasteiger partial charge is 0.497 e. The van der Waals surface area contributed by atoms with Crippen LogP contribution in [0.2, 0.25) is 0 Å². The molecule has 1 aromatic rings. The molecule has 6 heteroatoms. The number of ether oxygens (including phenoxy) is 1. The minimum atomic E-state index is -3.10. The van der Waals surface area contributed by atoms with Crippen LogP contribution in [0.5, 0.6) is 5.75 Å². The minimum absolute atomic E-state index is 0.150. The van der Waals surface area contributed by atoms with E-state index in [9.17, 15) is 8.42 Å². The summed E-state index contributed by atoms with van der Waals surface area (Å²) in [7, 11) is 1.61. The second-order valence-corrected chi connectivity index (χ2v) is 6.41. The van der Waals surface area contributed by atoms with Crippen LogP contribution in [0, 0.1) is 0 Å². The Morgan fingerprint density at radius 2 is 2.06 bits per heavy atom. The molecule has 18 heavy (non-hydrogen) atoms. The SMILES string of the molecule is COc1cccc(NCCCS(=O)(=O)N(C)C)c1. The highest BCUT2D eigenvalue weighted by molar-refractivity contribution is 7.89. The number of nitrogens with one attached hydrogen (secondary N) is 1. The average Bonchev–Trinajstić information content (AvgIpc) is 2.35. The standard InChI is InChI=1S/C12H20N2O3S/c1-14(2)18(15,16)9-5-8-13-11-6-4-7-12(10-11)17-3/h4,6-7,10,13H,5,8-9H2,1-3H3. The van der Waals surface area contributed by atoms with E-state index in [0.29, 0.717) is 13.0 Å². The number of sulfonamides is 1. The summed E-state index contributed by atoms with van der Waals surface area (Å²) in [6.45, 7) is 0.611. The molecule has 1 rings (SSSR count). The first-order valence-electron chi connectivity index (χ1n) is 5.74. The smallest absolute Gasteiger partial charge is 0.213 e. The number of nitrogens with zero attached hydrogens (tertiary/aromatic N) is 1. The van der Waals surface area contributed by atoms with Crippen molar-refractivity contribution < 1.29 is 13.2 Å². The number of benzene rings is 1. The second-order valence-electron chi connectivity index (χ2n) is 4.11. The van der Waals surface area contributed by atoms with Crippen molar-refractivity contribution in [3.05, 3.63) is 24.3 Å². The Balaban J connectivity index is 2.38. The maximum atomic E-state index is 11.5. The fraction of sp³-hybridized carbons (Fsp3) is 0.500. The highest BCUT2D eigenvalue weighted by Gasteiger charge is 2.12. The predicted molar refractivity (Wildman–Crippen MR) is 73.6 cm³/mol. The molecule has 0 fully saturated rings. The van der Waals surface area contributed by atoms with Crippen molar-refractivity contribution in [1.82, 2.24) is 4.31 Å². The Bertz CT molecular complexity index is 472. The lowest BCUT2D eigenvalue weighted by Gasteiger charge is -2.12. The Morgan fingerprint density at radius 1 is 1.33 bits per heavy atom. The van der Waals surface area contributed by atoms with Gasteiger partial charge in [0.1, 0.15) is 5.75 Å². The Kier molecular flexibility index (Phi) is 5.43. The zero-order chi connectivity index (χ0) is 13.6. The molecular weight excluding hydrogens is 252 g/mol. The van der Waals surface area contributed by atoms with E-state index >= 15 is 0 Å². The molecular formula is C12H20N2O3S. The summed E-state index contributed by atoms with van der Waals surface area (Å²) in [5, 5.41) is 3.17. The van der Waals surface area contributed by atoms with Gasteiger partial charge in [-0.05, 0) is 18.6 Å². The van der Waals surface area contributed by atoms with Crippen molar-refractivity contribution in [2.24, 2.45) is 0 Å². The van der Waals surface area contributed by atoms with E-state index in [1.165, 1.54) is 4.31 Å². The van der Waals surface area contributed by atoms with Gasteiger partial charge in [-0.3, -0.25) is 0 Å². The van der Waals surface area contributed by atoms with Crippen LogP contribution in [0.4, 0.5) is 5.69 Å². The van der Waals surface area contributed by atoms with Crippen LogP contribution in [0.1, 0.15) is 6.42 Å². The third-order valence-corrected chi connectivity index (χ3v) is 4.45. The van der Waals surface area contributed by atoms with Gasteiger partial charge in [0.25, 0.3) is 0 Å². The van der Waals surface area contributed by atoms with Gasteiger partial charge in [0.15, 0.2) is 0 Å². The fourth-order valence-electron chi connectivity index (χ4n) is 1.40. The molecule has 0 spiro atoms.